The van der Waals surface area contributed by atoms with Crippen molar-refractivity contribution in [2.45, 2.75) is 20.8 Å². The van der Waals surface area contributed by atoms with Gasteiger partial charge in [-0.3, -0.25) is 14.9 Å². The van der Waals surface area contributed by atoms with Crippen molar-refractivity contribution in [3.05, 3.63) is 73.0 Å². The van der Waals surface area contributed by atoms with Crippen molar-refractivity contribution < 1.29 is 14.1 Å². The summed E-state index contributed by atoms with van der Waals surface area (Å²) in [5.74, 6) is -1.52. The first-order chi connectivity index (χ1) is 10.2. The van der Waals surface area contributed by atoms with Gasteiger partial charge in [-0.15, -0.1) is 0 Å². The van der Waals surface area contributed by atoms with Crippen LogP contribution >= 0.6 is 11.6 Å². The lowest BCUT2D eigenvalue weighted by Gasteiger charge is -2.11. The second kappa shape index (κ2) is 5.85. The molecule has 4 nitrogen and oxygen atoms in total. The van der Waals surface area contributed by atoms with Crippen LogP contribution < -0.4 is 0 Å². The molecule has 0 aliphatic rings. The summed E-state index contributed by atoms with van der Waals surface area (Å²) in [7, 11) is 0. The molecule has 0 N–H and O–H groups in total. The number of nitro groups is 1. The highest BCUT2D eigenvalue weighted by Crippen LogP contribution is 2.31. The van der Waals surface area contributed by atoms with Gasteiger partial charge < -0.3 is 0 Å². The van der Waals surface area contributed by atoms with E-state index in [9.17, 15) is 19.3 Å². The van der Waals surface area contributed by atoms with Gasteiger partial charge in [0, 0.05) is 10.6 Å². The lowest BCUT2D eigenvalue weighted by atomic mass is 9.93. The van der Waals surface area contributed by atoms with Gasteiger partial charge in [0.05, 0.1) is 10.5 Å². The van der Waals surface area contributed by atoms with Crippen molar-refractivity contribution >= 4 is 23.1 Å². The fourth-order valence-corrected chi connectivity index (χ4v) is 2.47. The Morgan fingerprint density at radius 3 is 2.36 bits per heavy atom. The average molecular weight is 322 g/mol. The molecule has 2 rings (SSSR count). The van der Waals surface area contributed by atoms with E-state index in [2.05, 4.69) is 0 Å². The predicted molar refractivity (Wildman–Crippen MR) is 82.1 cm³/mol. The van der Waals surface area contributed by atoms with Crippen molar-refractivity contribution in [2.75, 3.05) is 0 Å². The second-order valence-electron chi connectivity index (χ2n) is 5.05. The zero-order valence-corrected chi connectivity index (χ0v) is 13.0. The molecule has 0 amide bonds. The van der Waals surface area contributed by atoms with Crippen LogP contribution in [0.2, 0.25) is 5.02 Å². The number of carbonyl (C=O) groups is 1. The third-order valence-electron chi connectivity index (χ3n) is 3.73. The Kier molecular flexibility index (Phi) is 4.28. The highest BCUT2D eigenvalue weighted by Gasteiger charge is 2.27. The summed E-state index contributed by atoms with van der Waals surface area (Å²) in [5.41, 5.74) is 1.15. The monoisotopic (exact) mass is 321 g/mol. The first-order valence-electron chi connectivity index (χ1n) is 6.49. The van der Waals surface area contributed by atoms with E-state index in [-0.39, 0.29) is 21.8 Å². The molecule has 0 saturated carbocycles. The molecule has 0 radical (unpaired) electrons. The van der Waals surface area contributed by atoms with E-state index in [1.165, 1.54) is 18.2 Å². The Labute approximate surface area is 131 Å². The summed E-state index contributed by atoms with van der Waals surface area (Å²) < 4.78 is 13.9. The largest absolute Gasteiger partial charge is 0.288 e. The lowest BCUT2D eigenvalue weighted by Crippen LogP contribution is -2.10. The van der Waals surface area contributed by atoms with Crippen molar-refractivity contribution in [1.29, 1.82) is 0 Å². The summed E-state index contributed by atoms with van der Waals surface area (Å²) in [4.78, 5) is 23.3. The molecule has 0 unspecified atom stereocenters. The number of halogens is 2. The summed E-state index contributed by atoms with van der Waals surface area (Å²) in [6.07, 6.45) is 0. The van der Waals surface area contributed by atoms with Gasteiger partial charge in [-0.2, -0.15) is 0 Å². The molecule has 2 aromatic carbocycles. The summed E-state index contributed by atoms with van der Waals surface area (Å²) in [5, 5.41) is 11.5. The van der Waals surface area contributed by atoms with Crippen LogP contribution in [0.25, 0.3) is 0 Å². The Balaban J connectivity index is 2.74. The SMILES string of the molecule is Cc1cc(C(=O)c2cc(Cl)ccc2F)c([N+](=O)[O-])c(C)c1C. The minimum absolute atomic E-state index is 0.133. The van der Waals surface area contributed by atoms with Crippen molar-refractivity contribution in [3.63, 3.8) is 0 Å². The normalized spacial score (nSPS) is 10.6. The molecule has 0 bridgehead atoms. The van der Waals surface area contributed by atoms with E-state index in [0.717, 1.165) is 17.2 Å². The molecular weight excluding hydrogens is 309 g/mol. The van der Waals surface area contributed by atoms with Crippen molar-refractivity contribution in [3.8, 4) is 0 Å². The molecule has 0 spiro atoms. The maximum Gasteiger partial charge on any atom is 0.283 e. The number of ketones is 1. The number of carbonyl (C=O) groups excluding carboxylic acids is 1. The van der Waals surface area contributed by atoms with Gasteiger partial charge in [0.2, 0.25) is 5.78 Å². The van der Waals surface area contributed by atoms with Crippen LogP contribution in [0.15, 0.2) is 24.3 Å². The van der Waals surface area contributed by atoms with Crippen LogP contribution in [0.4, 0.5) is 10.1 Å². The van der Waals surface area contributed by atoms with E-state index in [1.54, 1.807) is 20.8 Å². The molecule has 22 heavy (non-hydrogen) atoms. The molecule has 0 atom stereocenters. The standard InChI is InChI=1S/C16H13ClFNO3/c1-8-6-13(15(19(21)22)10(3)9(8)2)16(20)12-7-11(17)4-5-14(12)18/h4-7H,1-3H3. The van der Waals surface area contributed by atoms with Crippen molar-refractivity contribution in [2.24, 2.45) is 0 Å². The highest BCUT2D eigenvalue weighted by molar-refractivity contribution is 6.31. The summed E-state index contributed by atoms with van der Waals surface area (Å²) in [6.45, 7) is 5.06. The van der Waals surface area contributed by atoms with E-state index >= 15 is 0 Å². The smallest absolute Gasteiger partial charge is 0.283 e. The number of benzene rings is 2. The first kappa shape index (κ1) is 16.1. The number of hydrogen-bond donors (Lipinski definition) is 0. The molecule has 114 valence electrons. The zero-order valence-electron chi connectivity index (χ0n) is 12.2. The minimum Gasteiger partial charge on any atom is -0.288 e. The number of rotatable bonds is 3. The number of aryl methyl sites for hydroxylation is 1. The number of nitro benzene ring substituents is 1. The molecular formula is C16H13ClFNO3. The average Bonchev–Trinajstić information content (AvgIpc) is 2.45. The second-order valence-corrected chi connectivity index (χ2v) is 5.49. The van der Waals surface area contributed by atoms with Gasteiger partial charge in [0.1, 0.15) is 11.4 Å². The van der Waals surface area contributed by atoms with Crippen molar-refractivity contribution in [1.82, 2.24) is 0 Å². The van der Waals surface area contributed by atoms with Crippen LogP contribution in [-0.4, -0.2) is 10.7 Å². The summed E-state index contributed by atoms with van der Waals surface area (Å²) >= 11 is 5.79. The summed E-state index contributed by atoms with van der Waals surface area (Å²) in [6, 6.07) is 4.97. The molecule has 0 fully saturated rings. The molecule has 0 saturated heterocycles. The fraction of sp³-hybridized carbons (Fsp3) is 0.188. The molecule has 0 heterocycles. The Morgan fingerprint density at radius 1 is 1.14 bits per heavy atom. The van der Waals surface area contributed by atoms with Gasteiger partial charge in [-0.25, -0.2) is 4.39 Å². The van der Waals surface area contributed by atoms with Crippen LogP contribution in [0.3, 0.4) is 0 Å². The number of hydrogen-bond acceptors (Lipinski definition) is 3. The lowest BCUT2D eigenvalue weighted by molar-refractivity contribution is -0.385. The van der Waals surface area contributed by atoms with Crippen LogP contribution in [0, 0.1) is 36.7 Å². The molecule has 0 aliphatic heterocycles. The maximum absolute atomic E-state index is 13.9. The van der Waals surface area contributed by atoms with Crippen LogP contribution in [-0.2, 0) is 0 Å². The fourth-order valence-electron chi connectivity index (χ4n) is 2.29. The quantitative estimate of drug-likeness (QED) is 0.473. The van der Waals surface area contributed by atoms with Crippen LogP contribution in [0.5, 0.6) is 0 Å². The van der Waals surface area contributed by atoms with Gasteiger partial charge in [0.15, 0.2) is 0 Å². The minimum atomic E-state index is -0.764. The Morgan fingerprint density at radius 2 is 1.77 bits per heavy atom. The van der Waals surface area contributed by atoms with Gasteiger partial charge in [-0.05, 0) is 56.2 Å². The molecule has 0 aliphatic carbocycles. The highest BCUT2D eigenvalue weighted by atomic mass is 35.5. The van der Waals surface area contributed by atoms with E-state index in [0.29, 0.717) is 5.56 Å². The predicted octanol–water partition coefficient (Wildman–Crippen LogP) is 4.54. The Bertz CT molecular complexity index is 802. The maximum atomic E-state index is 13.9. The van der Waals surface area contributed by atoms with Gasteiger partial charge in [-0.1, -0.05) is 11.6 Å². The molecule has 0 aromatic heterocycles. The third kappa shape index (κ3) is 2.72. The first-order valence-corrected chi connectivity index (χ1v) is 6.86. The van der Waals surface area contributed by atoms with E-state index < -0.39 is 16.5 Å². The number of nitrogens with zero attached hydrogens (tertiary/aromatic N) is 1. The van der Waals surface area contributed by atoms with E-state index in [4.69, 9.17) is 11.6 Å². The zero-order chi connectivity index (χ0) is 16.6. The van der Waals surface area contributed by atoms with Gasteiger partial charge in [0.25, 0.3) is 5.69 Å². The topological polar surface area (TPSA) is 60.2 Å². The van der Waals surface area contributed by atoms with Gasteiger partial charge >= 0.3 is 0 Å². The Hall–Kier alpha value is -2.27. The molecule has 2 aromatic rings. The molecule has 6 heteroatoms. The van der Waals surface area contributed by atoms with Crippen LogP contribution in [0.1, 0.15) is 32.6 Å². The third-order valence-corrected chi connectivity index (χ3v) is 3.96. The van der Waals surface area contributed by atoms with E-state index in [1.807, 2.05) is 0 Å².